The Morgan fingerprint density at radius 1 is 1.42 bits per heavy atom. The van der Waals surface area contributed by atoms with E-state index in [0.29, 0.717) is 24.7 Å². The summed E-state index contributed by atoms with van der Waals surface area (Å²) in [5.74, 6) is 0.375. The molecule has 0 aliphatic carbocycles. The first-order valence-electron chi connectivity index (χ1n) is 6.02. The van der Waals surface area contributed by atoms with Crippen LogP contribution < -0.4 is 10.2 Å². The standard InChI is InChI=1S/C13H17N3O3/c1-9(17)16(3)11-5-4-10(6-14-11)15-12(18)13(2)7-19-8-13/h4-6H,7-8H2,1-3H3,(H,15,18). The van der Waals surface area contributed by atoms with Gasteiger partial charge in [0.1, 0.15) is 5.82 Å². The van der Waals surface area contributed by atoms with Crippen LogP contribution in [0.1, 0.15) is 13.8 Å². The van der Waals surface area contributed by atoms with Crippen molar-refractivity contribution < 1.29 is 14.3 Å². The van der Waals surface area contributed by atoms with Crippen LogP contribution in [0.5, 0.6) is 0 Å². The van der Waals surface area contributed by atoms with Gasteiger partial charge in [-0.2, -0.15) is 0 Å². The van der Waals surface area contributed by atoms with E-state index in [1.807, 2.05) is 6.92 Å². The molecule has 19 heavy (non-hydrogen) atoms. The van der Waals surface area contributed by atoms with Crippen molar-refractivity contribution in [3.05, 3.63) is 18.3 Å². The molecule has 0 bridgehead atoms. The number of amides is 2. The Balaban J connectivity index is 2.03. The van der Waals surface area contributed by atoms with Gasteiger partial charge in [0.05, 0.1) is 30.5 Å². The number of pyridine rings is 1. The number of hydrogen-bond donors (Lipinski definition) is 1. The molecule has 1 aromatic rings. The molecule has 1 aliphatic heterocycles. The SMILES string of the molecule is CC(=O)N(C)c1ccc(NC(=O)C2(C)COC2)cn1. The average Bonchev–Trinajstić information content (AvgIpc) is 2.35. The summed E-state index contributed by atoms with van der Waals surface area (Å²) < 4.78 is 5.05. The second-order valence-electron chi connectivity index (χ2n) is 4.99. The van der Waals surface area contributed by atoms with Crippen LogP contribution >= 0.6 is 0 Å². The second kappa shape index (κ2) is 4.97. The Bertz CT molecular complexity index is 494. The predicted molar refractivity (Wildman–Crippen MR) is 70.9 cm³/mol. The molecule has 2 heterocycles. The molecule has 6 nitrogen and oxygen atoms in total. The molecular weight excluding hydrogens is 246 g/mol. The van der Waals surface area contributed by atoms with Gasteiger partial charge in [-0.3, -0.25) is 9.59 Å². The third-order valence-electron chi connectivity index (χ3n) is 3.21. The number of ether oxygens (including phenoxy) is 1. The third kappa shape index (κ3) is 2.73. The monoisotopic (exact) mass is 263 g/mol. The highest BCUT2D eigenvalue weighted by Crippen LogP contribution is 2.28. The van der Waals surface area contributed by atoms with Crippen molar-refractivity contribution in [3.8, 4) is 0 Å². The minimum absolute atomic E-state index is 0.0757. The number of rotatable bonds is 3. The highest BCUT2D eigenvalue weighted by Gasteiger charge is 2.41. The number of aromatic nitrogens is 1. The number of carbonyl (C=O) groups is 2. The Morgan fingerprint density at radius 3 is 2.53 bits per heavy atom. The Kier molecular flexibility index (Phi) is 3.53. The minimum Gasteiger partial charge on any atom is -0.379 e. The van der Waals surface area contributed by atoms with E-state index in [0.717, 1.165) is 0 Å². The molecule has 0 spiro atoms. The topological polar surface area (TPSA) is 71.5 Å². The normalized spacial score (nSPS) is 16.4. The zero-order valence-corrected chi connectivity index (χ0v) is 11.3. The largest absolute Gasteiger partial charge is 0.379 e. The van der Waals surface area contributed by atoms with E-state index in [4.69, 9.17) is 4.74 Å². The van der Waals surface area contributed by atoms with Gasteiger partial charge in [0.15, 0.2) is 0 Å². The van der Waals surface area contributed by atoms with Crippen LogP contribution in [0.15, 0.2) is 18.3 Å². The summed E-state index contributed by atoms with van der Waals surface area (Å²) in [6, 6.07) is 3.42. The van der Waals surface area contributed by atoms with Gasteiger partial charge >= 0.3 is 0 Å². The van der Waals surface area contributed by atoms with E-state index in [-0.39, 0.29) is 11.8 Å². The van der Waals surface area contributed by atoms with Gasteiger partial charge in [0.2, 0.25) is 11.8 Å². The quantitative estimate of drug-likeness (QED) is 0.884. The van der Waals surface area contributed by atoms with Crippen molar-refractivity contribution in [3.63, 3.8) is 0 Å². The van der Waals surface area contributed by atoms with Crippen LogP contribution in [-0.4, -0.2) is 37.1 Å². The zero-order valence-electron chi connectivity index (χ0n) is 11.3. The number of hydrogen-bond acceptors (Lipinski definition) is 4. The molecule has 102 valence electrons. The summed E-state index contributed by atoms with van der Waals surface area (Å²) in [4.78, 5) is 28.7. The molecule has 0 saturated carbocycles. The van der Waals surface area contributed by atoms with Crippen molar-refractivity contribution in [1.29, 1.82) is 0 Å². The number of anilines is 2. The summed E-state index contributed by atoms with van der Waals surface area (Å²) in [6.45, 7) is 4.21. The van der Waals surface area contributed by atoms with Gasteiger partial charge in [-0.05, 0) is 19.1 Å². The van der Waals surface area contributed by atoms with Gasteiger partial charge in [0.25, 0.3) is 0 Å². The summed E-state index contributed by atoms with van der Waals surface area (Å²) >= 11 is 0. The van der Waals surface area contributed by atoms with E-state index in [1.165, 1.54) is 18.0 Å². The first-order chi connectivity index (χ1) is 8.92. The first-order valence-corrected chi connectivity index (χ1v) is 6.02. The molecule has 0 aromatic carbocycles. The van der Waals surface area contributed by atoms with Crippen molar-refractivity contribution in [2.24, 2.45) is 5.41 Å². The summed E-state index contributed by atoms with van der Waals surface area (Å²) in [7, 11) is 1.65. The molecule has 6 heteroatoms. The van der Waals surface area contributed by atoms with Gasteiger partial charge in [-0.15, -0.1) is 0 Å². The molecule has 2 rings (SSSR count). The molecule has 0 radical (unpaired) electrons. The van der Waals surface area contributed by atoms with Crippen LogP contribution in [0.3, 0.4) is 0 Å². The lowest BCUT2D eigenvalue weighted by Crippen LogP contribution is -2.49. The molecule has 0 unspecified atom stereocenters. The van der Waals surface area contributed by atoms with E-state index in [1.54, 1.807) is 19.2 Å². The number of nitrogens with zero attached hydrogens (tertiary/aromatic N) is 2. The highest BCUT2D eigenvalue weighted by molar-refractivity contribution is 5.96. The van der Waals surface area contributed by atoms with E-state index >= 15 is 0 Å². The fourth-order valence-corrected chi connectivity index (χ4v) is 1.64. The van der Waals surface area contributed by atoms with Crippen LogP contribution in [0.2, 0.25) is 0 Å². The predicted octanol–water partition coefficient (Wildman–Crippen LogP) is 1.04. The Morgan fingerprint density at radius 2 is 2.11 bits per heavy atom. The fraction of sp³-hybridized carbons (Fsp3) is 0.462. The third-order valence-corrected chi connectivity index (χ3v) is 3.21. The Labute approximate surface area is 111 Å². The van der Waals surface area contributed by atoms with Gasteiger partial charge in [0, 0.05) is 14.0 Å². The van der Waals surface area contributed by atoms with Crippen LogP contribution in [0.4, 0.5) is 11.5 Å². The first kappa shape index (κ1) is 13.5. The molecule has 2 amide bonds. The van der Waals surface area contributed by atoms with Crippen molar-refractivity contribution in [2.75, 3.05) is 30.5 Å². The van der Waals surface area contributed by atoms with Gasteiger partial charge < -0.3 is 15.0 Å². The van der Waals surface area contributed by atoms with Gasteiger partial charge in [-0.1, -0.05) is 0 Å². The number of carbonyl (C=O) groups excluding carboxylic acids is 2. The van der Waals surface area contributed by atoms with Crippen LogP contribution in [0.25, 0.3) is 0 Å². The number of nitrogens with one attached hydrogen (secondary N) is 1. The van der Waals surface area contributed by atoms with Crippen molar-refractivity contribution in [1.82, 2.24) is 4.98 Å². The van der Waals surface area contributed by atoms with E-state index < -0.39 is 5.41 Å². The molecule has 1 saturated heterocycles. The maximum Gasteiger partial charge on any atom is 0.235 e. The molecule has 1 N–H and O–H groups in total. The van der Waals surface area contributed by atoms with Crippen molar-refractivity contribution in [2.45, 2.75) is 13.8 Å². The molecule has 1 aromatic heterocycles. The maximum atomic E-state index is 12.0. The molecule has 1 aliphatic rings. The lowest BCUT2D eigenvalue weighted by Gasteiger charge is -2.36. The highest BCUT2D eigenvalue weighted by atomic mass is 16.5. The van der Waals surface area contributed by atoms with Crippen LogP contribution in [-0.2, 0) is 14.3 Å². The summed E-state index contributed by atoms with van der Waals surface area (Å²) in [6.07, 6.45) is 1.54. The zero-order chi connectivity index (χ0) is 14.0. The van der Waals surface area contributed by atoms with Crippen LogP contribution in [0, 0.1) is 5.41 Å². The lowest BCUT2D eigenvalue weighted by molar-refractivity contribution is -0.151. The molecule has 0 atom stereocenters. The van der Waals surface area contributed by atoms with Crippen molar-refractivity contribution >= 4 is 23.3 Å². The van der Waals surface area contributed by atoms with E-state index in [9.17, 15) is 9.59 Å². The van der Waals surface area contributed by atoms with Gasteiger partial charge in [-0.25, -0.2) is 4.98 Å². The maximum absolute atomic E-state index is 12.0. The smallest absolute Gasteiger partial charge is 0.235 e. The minimum atomic E-state index is -0.450. The van der Waals surface area contributed by atoms with E-state index in [2.05, 4.69) is 10.3 Å². The fourth-order valence-electron chi connectivity index (χ4n) is 1.64. The Hall–Kier alpha value is -1.95. The lowest BCUT2D eigenvalue weighted by atomic mass is 9.87. The second-order valence-corrected chi connectivity index (χ2v) is 4.99. The summed E-state index contributed by atoms with van der Waals surface area (Å²) in [5.41, 5.74) is 0.160. The average molecular weight is 263 g/mol. The summed E-state index contributed by atoms with van der Waals surface area (Å²) in [5, 5.41) is 2.79. The molecular formula is C13H17N3O3. The molecule has 1 fully saturated rings.